The van der Waals surface area contributed by atoms with Gasteiger partial charge in [0.1, 0.15) is 0 Å². The maximum absolute atomic E-state index is 12.6. The number of sulfonamides is 1. The predicted molar refractivity (Wildman–Crippen MR) is 77.6 cm³/mol. The van der Waals surface area contributed by atoms with Crippen LogP contribution in [-0.4, -0.2) is 36.9 Å². The molecule has 5 nitrogen and oxygen atoms in total. The molecule has 0 aromatic heterocycles. The molecule has 20 heavy (non-hydrogen) atoms. The first-order valence-corrected chi connectivity index (χ1v) is 7.89. The van der Waals surface area contributed by atoms with E-state index in [4.69, 9.17) is 5.11 Å². The van der Waals surface area contributed by atoms with Crippen LogP contribution in [0, 0.1) is 13.8 Å². The standard InChI is InChI=1S/C14H21NO4S/c1-6-11(4)15(5)20(18,19)13-8-12(14(16)17)9(2)7-10(13)3/h7-8,11H,6H2,1-5H3,(H,16,17). The highest BCUT2D eigenvalue weighted by atomic mass is 32.2. The lowest BCUT2D eigenvalue weighted by Crippen LogP contribution is -2.35. The van der Waals surface area contributed by atoms with Gasteiger partial charge in [0.2, 0.25) is 10.0 Å². The van der Waals surface area contributed by atoms with Crippen molar-refractivity contribution in [3.8, 4) is 0 Å². The zero-order chi connectivity index (χ0) is 15.7. The summed E-state index contributed by atoms with van der Waals surface area (Å²) in [6, 6.07) is 2.70. The molecule has 1 unspecified atom stereocenters. The molecule has 1 rings (SSSR count). The second-order valence-corrected chi connectivity index (χ2v) is 6.98. The van der Waals surface area contributed by atoms with Crippen LogP contribution < -0.4 is 0 Å². The van der Waals surface area contributed by atoms with Gasteiger partial charge in [-0.15, -0.1) is 0 Å². The van der Waals surface area contributed by atoms with Crippen LogP contribution in [0.3, 0.4) is 0 Å². The number of carboxylic acids is 1. The van der Waals surface area contributed by atoms with E-state index in [9.17, 15) is 13.2 Å². The van der Waals surface area contributed by atoms with E-state index in [0.29, 0.717) is 17.5 Å². The molecule has 112 valence electrons. The summed E-state index contributed by atoms with van der Waals surface area (Å²) in [4.78, 5) is 11.2. The highest BCUT2D eigenvalue weighted by molar-refractivity contribution is 7.89. The van der Waals surface area contributed by atoms with Gasteiger partial charge in [0.15, 0.2) is 0 Å². The lowest BCUT2D eigenvalue weighted by atomic mass is 10.1. The van der Waals surface area contributed by atoms with Crippen molar-refractivity contribution < 1.29 is 18.3 Å². The number of aromatic carboxylic acids is 1. The van der Waals surface area contributed by atoms with Crippen molar-refractivity contribution >= 4 is 16.0 Å². The molecular weight excluding hydrogens is 278 g/mol. The number of rotatable bonds is 5. The Balaban J connectivity index is 3.46. The molecule has 1 aromatic rings. The number of aryl methyl sites for hydroxylation is 2. The van der Waals surface area contributed by atoms with Gasteiger partial charge in [-0.3, -0.25) is 0 Å². The van der Waals surface area contributed by atoms with Crippen molar-refractivity contribution in [2.45, 2.75) is 45.1 Å². The zero-order valence-electron chi connectivity index (χ0n) is 12.5. The Bertz CT molecular complexity index is 622. The third-order valence-electron chi connectivity index (χ3n) is 3.62. The zero-order valence-corrected chi connectivity index (χ0v) is 13.3. The van der Waals surface area contributed by atoms with Crippen LogP contribution >= 0.6 is 0 Å². The largest absolute Gasteiger partial charge is 0.478 e. The van der Waals surface area contributed by atoms with Gasteiger partial charge < -0.3 is 5.11 Å². The van der Waals surface area contributed by atoms with E-state index in [2.05, 4.69) is 0 Å². The first-order chi connectivity index (χ1) is 9.12. The average molecular weight is 299 g/mol. The first-order valence-electron chi connectivity index (χ1n) is 6.45. The van der Waals surface area contributed by atoms with Crippen LogP contribution in [-0.2, 0) is 10.0 Å². The summed E-state index contributed by atoms with van der Waals surface area (Å²) in [6.07, 6.45) is 0.687. The summed E-state index contributed by atoms with van der Waals surface area (Å²) in [5.74, 6) is -1.12. The van der Waals surface area contributed by atoms with Gasteiger partial charge in [-0.1, -0.05) is 13.0 Å². The van der Waals surface area contributed by atoms with Gasteiger partial charge in [0.05, 0.1) is 10.5 Å². The van der Waals surface area contributed by atoms with E-state index in [0.717, 1.165) is 0 Å². The third kappa shape index (κ3) is 3.02. The van der Waals surface area contributed by atoms with Crippen molar-refractivity contribution in [2.24, 2.45) is 0 Å². The third-order valence-corrected chi connectivity index (χ3v) is 5.73. The molecular formula is C14H21NO4S. The van der Waals surface area contributed by atoms with Crippen LogP contribution in [0.2, 0.25) is 0 Å². The summed E-state index contributed by atoms with van der Waals surface area (Å²) < 4.78 is 26.4. The quantitative estimate of drug-likeness (QED) is 0.906. The summed E-state index contributed by atoms with van der Waals surface area (Å²) in [5.41, 5.74) is 1.13. The van der Waals surface area contributed by atoms with Crippen LogP contribution in [0.15, 0.2) is 17.0 Å². The Morgan fingerprint density at radius 2 is 1.85 bits per heavy atom. The van der Waals surface area contributed by atoms with Crippen molar-refractivity contribution in [1.29, 1.82) is 0 Å². The fourth-order valence-electron chi connectivity index (χ4n) is 1.99. The maximum atomic E-state index is 12.6. The number of hydrogen-bond acceptors (Lipinski definition) is 3. The van der Waals surface area contributed by atoms with Gasteiger partial charge >= 0.3 is 5.97 Å². The van der Waals surface area contributed by atoms with Crippen molar-refractivity contribution in [2.75, 3.05) is 7.05 Å². The average Bonchev–Trinajstić information content (AvgIpc) is 2.35. The molecule has 0 fully saturated rings. The van der Waals surface area contributed by atoms with Crippen LogP contribution in [0.5, 0.6) is 0 Å². The van der Waals surface area contributed by atoms with E-state index in [1.807, 2.05) is 13.8 Å². The lowest BCUT2D eigenvalue weighted by Gasteiger charge is -2.24. The predicted octanol–water partition coefficient (Wildman–Crippen LogP) is 2.42. The topological polar surface area (TPSA) is 74.7 Å². The summed E-state index contributed by atoms with van der Waals surface area (Å²) in [6.45, 7) is 7.06. The fourth-order valence-corrected chi connectivity index (χ4v) is 3.66. The second-order valence-electron chi connectivity index (χ2n) is 5.02. The summed E-state index contributed by atoms with van der Waals surface area (Å²) in [5, 5.41) is 9.13. The number of carbonyl (C=O) groups is 1. The Hall–Kier alpha value is -1.40. The van der Waals surface area contributed by atoms with Gasteiger partial charge in [0.25, 0.3) is 0 Å². The number of nitrogens with zero attached hydrogens (tertiary/aromatic N) is 1. The molecule has 0 bridgehead atoms. The van der Waals surface area contributed by atoms with Crippen molar-refractivity contribution in [3.05, 3.63) is 28.8 Å². The SMILES string of the molecule is CCC(C)N(C)S(=O)(=O)c1cc(C(=O)O)c(C)cc1C. The number of benzene rings is 1. The van der Waals surface area contributed by atoms with E-state index in [-0.39, 0.29) is 16.5 Å². The van der Waals surface area contributed by atoms with Crippen LogP contribution in [0.4, 0.5) is 0 Å². The minimum absolute atomic E-state index is 0.0201. The molecule has 0 spiro atoms. The summed E-state index contributed by atoms with van der Waals surface area (Å²) >= 11 is 0. The highest BCUT2D eigenvalue weighted by Crippen LogP contribution is 2.24. The molecule has 0 aliphatic rings. The highest BCUT2D eigenvalue weighted by Gasteiger charge is 2.27. The van der Waals surface area contributed by atoms with Crippen molar-refractivity contribution in [1.82, 2.24) is 4.31 Å². The minimum Gasteiger partial charge on any atom is -0.478 e. The second kappa shape index (κ2) is 5.93. The molecule has 0 radical (unpaired) electrons. The molecule has 1 aromatic carbocycles. The molecule has 0 aliphatic heterocycles. The van der Waals surface area contributed by atoms with Gasteiger partial charge in [-0.2, -0.15) is 4.31 Å². The Kier molecular flexibility index (Phi) is 4.94. The van der Waals surface area contributed by atoms with Gasteiger partial charge in [0, 0.05) is 13.1 Å². The molecule has 0 aliphatic carbocycles. The van der Waals surface area contributed by atoms with E-state index >= 15 is 0 Å². The summed E-state index contributed by atoms with van der Waals surface area (Å²) in [7, 11) is -2.17. The van der Waals surface area contributed by atoms with E-state index < -0.39 is 16.0 Å². The molecule has 0 saturated carbocycles. The van der Waals surface area contributed by atoms with Crippen LogP contribution in [0.25, 0.3) is 0 Å². The van der Waals surface area contributed by atoms with E-state index in [1.165, 1.54) is 17.4 Å². The first kappa shape index (κ1) is 16.7. The molecule has 1 N–H and O–H groups in total. The van der Waals surface area contributed by atoms with Gasteiger partial charge in [-0.05, 0) is 44.4 Å². The Morgan fingerprint density at radius 3 is 2.30 bits per heavy atom. The number of hydrogen-bond donors (Lipinski definition) is 1. The fraction of sp³-hybridized carbons (Fsp3) is 0.500. The normalized spacial score (nSPS) is 13.5. The van der Waals surface area contributed by atoms with Crippen molar-refractivity contribution in [3.63, 3.8) is 0 Å². The Morgan fingerprint density at radius 1 is 1.30 bits per heavy atom. The molecule has 0 heterocycles. The Labute approximate surface area is 120 Å². The van der Waals surface area contributed by atoms with E-state index in [1.54, 1.807) is 19.9 Å². The number of carboxylic acid groups (broad SMARTS) is 1. The van der Waals surface area contributed by atoms with Crippen LogP contribution in [0.1, 0.15) is 41.8 Å². The minimum atomic E-state index is -3.68. The lowest BCUT2D eigenvalue weighted by molar-refractivity contribution is 0.0696. The van der Waals surface area contributed by atoms with Gasteiger partial charge in [-0.25, -0.2) is 13.2 Å². The maximum Gasteiger partial charge on any atom is 0.335 e. The molecule has 6 heteroatoms. The molecule has 0 saturated heterocycles. The molecule has 0 amide bonds. The monoisotopic (exact) mass is 299 g/mol. The smallest absolute Gasteiger partial charge is 0.335 e. The molecule has 1 atom stereocenters.